The van der Waals surface area contributed by atoms with E-state index in [1.807, 2.05) is 67.5 Å². The van der Waals surface area contributed by atoms with Gasteiger partial charge in [0.25, 0.3) is 5.91 Å². The number of anilines is 2. The van der Waals surface area contributed by atoms with Crippen molar-refractivity contribution in [2.45, 2.75) is 6.42 Å². The minimum absolute atomic E-state index is 0.00747. The Hall–Kier alpha value is -3.85. The fourth-order valence-corrected chi connectivity index (χ4v) is 4.03. The Morgan fingerprint density at radius 1 is 0.971 bits per heavy atom. The molecule has 2 heterocycles. The highest BCUT2D eigenvalue weighted by Gasteiger charge is 2.33. The predicted octanol–water partition coefficient (Wildman–Crippen LogP) is 2.62. The van der Waals surface area contributed by atoms with E-state index in [4.69, 9.17) is 9.47 Å². The minimum atomic E-state index is -0.155. The normalized spacial score (nSPS) is 13.1. The SMILES string of the molecule is COc1ccc(-n2nc(OC)c3c2C(=O)N(c2ccc(N(C)C(=O)CN(C)C)cc2)CC3)cc1. The first-order valence-electron chi connectivity index (χ1n) is 11.0. The molecule has 3 aromatic rings. The van der Waals surface area contributed by atoms with Gasteiger partial charge in [-0.2, -0.15) is 0 Å². The monoisotopic (exact) mass is 463 g/mol. The average Bonchev–Trinajstić information content (AvgIpc) is 3.23. The molecule has 0 N–H and O–H groups in total. The molecule has 1 aliphatic heterocycles. The van der Waals surface area contributed by atoms with Crippen molar-refractivity contribution in [1.29, 1.82) is 0 Å². The summed E-state index contributed by atoms with van der Waals surface area (Å²) < 4.78 is 12.3. The van der Waals surface area contributed by atoms with Gasteiger partial charge in [-0.05, 0) is 69.0 Å². The number of rotatable bonds is 7. The fraction of sp³-hybridized carbons (Fsp3) is 0.320. The van der Waals surface area contributed by atoms with Crippen molar-refractivity contribution in [2.75, 3.05) is 58.3 Å². The molecule has 0 radical (unpaired) electrons. The maximum Gasteiger partial charge on any atom is 0.277 e. The molecule has 9 nitrogen and oxygen atoms in total. The third kappa shape index (κ3) is 4.34. The summed E-state index contributed by atoms with van der Waals surface area (Å²) in [6.45, 7) is 0.827. The third-order valence-corrected chi connectivity index (χ3v) is 5.86. The fourth-order valence-electron chi connectivity index (χ4n) is 4.03. The van der Waals surface area contributed by atoms with Crippen molar-refractivity contribution in [3.05, 3.63) is 59.8 Å². The quantitative estimate of drug-likeness (QED) is 0.536. The summed E-state index contributed by atoms with van der Waals surface area (Å²) in [5.74, 6) is 1.01. The van der Waals surface area contributed by atoms with Crippen molar-refractivity contribution >= 4 is 23.2 Å². The third-order valence-electron chi connectivity index (χ3n) is 5.86. The van der Waals surface area contributed by atoms with E-state index in [9.17, 15) is 9.59 Å². The number of ether oxygens (including phenoxy) is 2. The number of likely N-dealkylation sites (N-methyl/N-ethyl adjacent to an activating group) is 2. The summed E-state index contributed by atoms with van der Waals surface area (Å²) in [5.41, 5.74) is 3.55. The smallest absolute Gasteiger partial charge is 0.277 e. The van der Waals surface area contributed by atoms with Crippen LogP contribution in [0.5, 0.6) is 11.6 Å². The minimum Gasteiger partial charge on any atom is -0.497 e. The van der Waals surface area contributed by atoms with E-state index in [0.717, 1.165) is 28.4 Å². The molecule has 0 spiro atoms. The van der Waals surface area contributed by atoms with Crippen LogP contribution in [0.1, 0.15) is 16.1 Å². The standard InChI is InChI=1S/C25H29N5O4/c1-27(2)16-22(31)28(3)17-6-8-18(9-7-17)29-15-14-21-23(25(29)32)30(26-24(21)34-5)19-10-12-20(33-4)13-11-19/h6-13H,14-16H2,1-5H3. The van der Waals surface area contributed by atoms with E-state index >= 15 is 0 Å². The van der Waals surface area contributed by atoms with E-state index < -0.39 is 0 Å². The van der Waals surface area contributed by atoms with Gasteiger partial charge in [-0.25, -0.2) is 4.68 Å². The molecule has 2 amide bonds. The highest BCUT2D eigenvalue weighted by Crippen LogP contribution is 2.33. The van der Waals surface area contributed by atoms with Gasteiger partial charge in [0.05, 0.1) is 26.5 Å². The summed E-state index contributed by atoms with van der Waals surface area (Å²) in [5, 5.41) is 4.55. The largest absolute Gasteiger partial charge is 0.497 e. The van der Waals surface area contributed by atoms with Gasteiger partial charge in [-0.15, -0.1) is 5.10 Å². The molecule has 0 unspecified atom stereocenters. The van der Waals surface area contributed by atoms with E-state index in [2.05, 4.69) is 5.10 Å². The Morgan fingerprint density at radius 2 is 1.62 bits per heavy atom. The molecule has 1 aliphatic rings. The number of hydrogen-bond donors (Lipinski definition) is 0. The van der Waals surface area contributed by atoms with Crippen LogP contribution in [0.25, 0.3) is 5.69 Å². The molecule has 0 aliphatic carbocycles. The molecule has 0 fully saturated rings. The first-order valence-corrected chi connectivity index (χ1v) is 11.0. The van der Waals surface area contributed by atoms with Crippen LogP contribution in [0.4, 0.5) is 11.4 Å². The zero-order chi connectivity index (χ0) is 24.4. The summed E-state index contributed by atoms with van der Waals surface area (Å²) in [6, 6.07) is 14.8. The molecule has 1 aromatic heterocycles. The van der Waals surface area contributed by atoms with E-state index in [1.165, 1.54) is 0 Å². The molecule has 9 heteroatoms. The molecule has 0 saturated carbocycles. The van der Waals surface area contributed by atoms with Crippen LogP contribution in [-0.2, 0) is 11.2 Å². The number of nitrogens with zero attached hydrogens (tertiary/aromatic N) is 5. The average molecular weight is 464 g/mol. The number of methoxy groups -OCH3 is 2. The number of benzene rings is 2. The number of fused-ring (bicyclic) bond motifs is 1. The van der Waals surface area contributed by atoms with Gasteiger partial charge in [0, 0.05) is 30.5 Å². The molecule has 34 heavy (non-hydrogen) atoms. The molecule has 4 rings (SSSR count). The summed E-state index contributed by atoms with van der Waals surface area (Å²) in [6.07, 6.45) is 0.614. The Bertz CT molecular complexity index is 1190. The lowest BCUT2D eigenvalue weighted by atomic mass is 10.0. The molecule has 0 saturated heterocycles. The zero-order valence-corrected chi connectivity index (χ0v) is 20.1. The molecule has 0 atom stereocenters. The van der Waals surface area contributed by atoms with Crippen LogP contribution in [0.15, 0.2) is 48.5 Å². The second kappa shape index (κ2) is 9.56. The van der Waals surface area contributed by atoms with Crippen LogP contribution in [0.2, 0.25) is 0 Å². The Morgan fingerprint density at radius 3 is 2.21 bits per heavy atom. The predicted molar refractivity (Wildman–Crippen MR) is 130 cm³/mol. The Kier molecular flexibility index (Phi) is 6.56. The van der Waals surface area contributed by atoms with Crippen molar-refractivity contribution in [1.82, 2.24) is 14.7 Å². The van der Waals surface area contributed by atoms with Crippen molar-refractivity contribution in [3.63, 3.8) is 0 Å². The molecule has 2 aromatic carbocycles. The molecular weight excluding hydrogens is 434 g/mol. The Labute approximate surface area is 199 Å². The summed E-state index contributed by atoms with van der Waals surface area (Å²) in [4.78, 5) is 31.2. The summed E-state index contributed by atoms with van der Waals surface area (Å²) in [7, 11) is 8.63. The van der Waals surface area contributed by atoms with Crippen molar-refractivity contribution in [3.8, 4) is 17.3 Å². The van der Waals surface area contributed by atoms with Crippen LogP contribution in [0, 0.1) is 0 Å². The van der Waals surface area contributed by atoms with Gasteiger partial charge in [-0.3, -0.25) is 9.59 Å². The topological polar surface area (TPSA) is 80.1 Å². The van der Waals surface area contributed by atoms with Gasteiger partial charge in [-0.1, -0.05) is 0 Å². The number of carbonyl (C=O) groups excluding carboxylic acids is 2. The van der Waals surface area contributed by atoms with E-state index in [1.54, 1.807) is 35.7 Å². The lowest BCUT2D eigenvalue weighted by Gasteiger charge is -2.28. The van der Waals surface area contributed by atoms with Gasteiger partial charge < -0.3 is 24.2 Å². The molecule has 0 bridgehead atoms. The number of hydrogen-bond acceptors (Lipinski definition) is 6. The Balaban J connectivity index is 1.63. The van der Waals surface area contributed by atoms with Gasteiger partial charge in [0.2, 0.25) is 11.8 Å². The van der Waals surface area contributed by atoms with Crippen LogP contribution in [0.3, 0.4) is 0 Å². The maximum absolute atomic E-state index is 13.6. The van der Waals surface area contributed by atoms with E-state index in [-0.39, 0.29) is 11.8 Å². The van der Waals surface area contributed by atoms with Crippen LogP contribution in [-0.4, -0.2) is 74.9 Å². The molecule has 178 valence electrons. The highest BCUT2D eigenvalue weighted by molar-refractivity contribution is 6.08. The number of amides is 2. The van der Waals surface area contributed by atoms with Gasteiger partial charge in [0.15, 0.2) is 0 Å². The zero-order valence-electron chi connectivity index (χ0n) is 20.1. The van der Waals surface area contributed by atoms with Gasteiger partial charge >= 0.3 is 0 Å². The molecular formula is C25H29N5O4. The van der Waals surface area contributed by atoms with E-state index in [0.29, 0.717) is 31.1 Å². The second-order valence-corrected chi connectivity index (χ2v) is 8.36. The number of aromatic nitrogens is 2. The number of carbonyl (C=O) groups is 2. The van der Waals surface area contributed by atoms with Crippen LogP contribution < -0.4 is 19.3 Å². The lowest BCUT2D eigenvalue weighted by Crippen LogP contribution is -2.39. The second-order valence-electron chi connectivity index (χ2n) is 8.36. The summed E-state index contributed by atoms with van der Waals surface area (Å²) >= 11 is 0. The lowest BCUT2D eigenvalue weighted by molar-refractivity contribution is -0.118. The highest BCUT2D eigenvalue weighted by atomic mass is 16.5. The van der Waals surface area contributed by atoms with Crippen molar-refractivity contribution in [2.24, 2.45) is 0 Å². The maximum atomic E-state index is 13.6. The first-order chi connectivity index (χ1) is 16.3. The van der Waals surface area contributed by atoms with Crippen molar-refractivity contribution < 1.29 is 19.1 Å². The van der Waals surface area contributed by atoms with Gasteiger partial charge in [0.1, 0.15) is 11.4 Å². The first kappa shape index (κ1) is 23.3. The van der Waals surface area contributed by atoms with Crippen LogP contribution >= 0.6 is 0 Å².